The number of rotatable bonds is 5. The number of aromatic amines is 1. The summed E-state index contributed by atoms with van der Waals surface area (Å²) in [5, 5.41) is 9.58. The lowest BCUT2D eigenvalue weighted by Gasteiger charge is -2.21. The quantitative estimate of drug-likeness (QED) is 0.630. The van der Waals surface area contributed by atoms with E-state index in [1.807, 2.05) is 48.7 Å². The summed E-state index contributed by atoms with van der Waals surface area (Å²) in [6.07, 6.45) is 7.33. The summed E-state index contributed by atoms with van der Waals surface area (Å²) in [5.41, 5.74) is 4.74. The van der Waals surface area contributed by atoms with Gasteiger partial charge in [0.1, 0.15) is 12.8 Å². The summed E-state index contributed by atoms with van der Waals surface area (Å²) in [6, 6.07) is 9.75. The molecule has 2 aromatic rings. The van der Waals surface area contributed by atoms with E-state index in [1.54, 1.807) is 0 Å². The number of dihydropyridines is 1. The Morgan fingerprint density at radius 1 is 1.14 bits per heavy atom. The van der Waals surface area contributed by atoms with Crippen LogP contribution in [0.4, 0.5) is 11.4 Å². The lowest BCUT2D eigenvalue weighted by molar-refractivity contribution is -0.122. The second kappa shape index (κ2) is 7.25. The van der Waals surface area contributed by atoms with Crippen LogP contribution in [-0.2, 0) is 16.1 Å². The molecule has 1 aromatic heterocycles. The maximum Gasteiger partial charge on any atom is 0.224 e. The molecular formula is C22H22N4O3. The zero-order chi connectivity index (χ0) is 19.8. The van der Waals surface area contributed by atoms with Crippen molar-refractivity contribution >= 4 is 28.6 Å². The average Bonchev–Trinajstić information content (AvgIpc) is 3.52. The third-order valence-corrected chi connectivity index (χ3v) is 5.30. The Morgan fingerprint density at radius 3 is 2.76 bits per heavy atom. The number of ether oxygens (including phenoxy) is 1. The standard InChI is InChI=1S/C22H22N4O3/c27-17-12-29-11-16-19(17)21(24-15-4-2-1-3-5-15)20(25-16)14-8-9-23-18(10-14)26-22(28)13-6-7-13/h1-5,8-10,13,18,23-25H,6-7,11-12H2,(H,26,28). The Bertz CT molecular complexity index is 1020. The Kier molecular flexibility index (Phi) is 4.44. The van der Waals surface area contributed by atoms with Gasteiger partial charge in [0.25, 0.3) is 0 Å². The highest BCUT2D eigenvalue weighted by molar-refractivity contribution is 6.07. The average molecular weight is 390 g/mol. The number of aromatic nitrogens is 1. The van der Waals surface area contributed by atoms with Gasteiger partial charge in [-0.3, -0.25) is 9.59 Å². The van der Waals surface area contributed by atoms with Crippen LogP contribution in [0.5, 0.6) is 0 Å². The number of carbonyl (C=O) groups is 2. The van der Waals surface area contributed by atoms with Gasteiger partial charge in [-0.25, -0.2) is 0 Å². The molecule has 1 aromatic carbocycles. The van der Waals surface area contributed by atoms with Crippen LogP contribution in [0.2, 0.25) is 0 Å². The Balaban J connectivity index is 1.51. The van der Waals surface area contributed by atoms with Gasteiger partial charge >= 0.3 is 0 Å². The van der Waals surface area contributed by atoms with Crippen molar-refractivity contribution in [2.24, 2.45) is 5.92 Å². The number of hydrogen-bond donors (Lipinski definition) is 4. The van der Waals surface area contributed by atoms with Crippen molar-refractivity contribution in [1.29, 1.82) is 0 Å². The van der Waals surface area contributed by atoms with E-state index < -0.39 is 0 Å². The van der Waals surface area contributed by atoms with Crippen molar-refractivity contribution in [3.63, 3.8) is 0 Å². The molecule has 1 fully saturated rings. The molecule has 4 N–H and O–H groups in total. The minimum Gasteiger partial charge on any atom is -0.368 e. The van der Waals surface area contributed by atoms with E-state index in [9.17, 15) is 9.59 Å². The molecule has 1 atom stereocenters. The fourth-order valence-corrected chi connectivity index (χ4v) is 3.68. The third-order valence-electron chi connectivity index (χ3n) is 5.30. The molecule has 29 heavy (non-hydrogen) atoms. The second-order valence-corrected chi connectivity index (χ2v) is 7.52. The normalized spacial score (nSPS) is 20.5. The van der Waals surface area contributed by atoms with Crippen LogP contribution in [0.25, 0.3) is 5.57 Å². The van der Waals surface area contributed by atoms with Crippen molar-refractivity contribution in [2.45, 2.75) is 25.6 Å². The first-order valence-electron chi connectivity index (χ1n) is 9.82. The van der Waals surface area contributed by atoms with Crippen molar-refractivity contribution in [3.05, 3.63) is 65.6 Å². The van der Waals surface area contributed by atoms with Crippen LogP contribution in [0.1, 0.15) is 34.6 Å². The molecule has 148 valence electrons. The van der Waals surface area contributed by atoms with Crippen LogP contribution in [-0.4, -0.2) is 29.4 Å². The first kappa shape index (κ1) is 17.8. The highest BCUT2D eigenvalue weighted by Crippen LogP contribution is 2.36. The molecule has 3 aliphatic rings. The fourth-order valence-electron chi connectivity index (χ4n) is 3.68. The second-order valence-electron chi connectivity index (χ2n) is 7.52. The zero-order valence-corrected chi connectivity index (χ0v) is 15.8. The number of para-hydroxylation sites is 1. The van der Waals surface area contributed by atoms with Crippen LogP contribution >= 0.6 is 0 Å². The van der Waals surface area contributed by atoms with Gasteiger partial charge in [-0.05, 0) is 43.3 Å². The van der Waals surface area contributed by atoms with Crippen molar-refractivity contribution in [3.8, 4) is 0 Å². The monoisotopic (exact) mass is 390 g/mol. The maximum absolute atomic E-state index is 12.6. The minimum absolute atomic E-state index is 0.0516. The van der Waals surface area contributed by atoms with Crippen LogP contribution in [0.3, 0.4) is 0 Å². The molecule has 5 rings (SSSR count). The molecule has 0 saturated heterocycles. The van der Waals surface area contributed by atoms with Crippen molar-refractivity contribution in [2.75, 3.05) is 11.9 Å². The summed E-state index contributed by atoms with van der Waals surface area (Å²) >= 11 is 0. The first-order chi connectivity index (χ1) is 14.2. The number of H-pyrrole nitrogens is 1. The third kappa shape index (κ3) is 3.56. The lowest BCUT2D eigenvalue weighted by atomic mass is 10.0. The molecule has 0 bridgehead atoms. The van der Waals surface area contributed by atoms with Gasteiger partial charge in [0.15, 0.2) is 5.78 Å². The first-order valence-corrected chi connectivity index (χ1v) is 9.82. The largest absolute Gasteiger partial charge is 0.368 e. The molecule has 0 spiro atoms. The van der Waals surface area contributed by atoms with E-state index in [0.717, 1.165) is 41.2 Å². The number of carbonyl (C=O) groups excluding carboxylic acids is 2. The number of fused-ring (bicyclic) bond motifs is 1. The fraction of sp³-hybridized carbons (Fsp3) is 0.273. The highest BCUT2D eigenvalue weighted by atomic mass is 16.5. The van der Waals surface area contributed by atoms with Gasteiger partial charge in [-0.1, -0.05) is 18.2 Å². The summed E-state index contributed by atoms with van der Waals surface area (Å²) in [7, 11) is 0. The molecule has 1 aliphatic carbocycles. The van der Waals surface area contributed by atoms with Crippen molar-refractivity contribution in [1.82, 2.24) is 15.6 Å². The van der Waals surface area contributed by atoms with Gasteiger partial charge in [-0.15, -0.1) is 0 Å². The molecule has 7 heteroatoms. The van der Waals surface area contributed by atoms with Gasteiger partial charge in [0, 0.05) is 17.2 Å². The number of anilines is 2. The minimum atomic E-state index is -0.292. The van der Waals surface area contributed by atoms with E-state index in [0.29, 0.717) is 12.2 Å². The molecular weight excluding hydrogens is 368 g/mol. The van der Waals surface area contributed by atoms with E-state index in [-0.39, 0.29) is 30.4 Å². The molecule has 2 aliphatic heterocycles. The van der Waals surface area contributed by atoms with E-state index in [4.69, 9.17) is 4.74 Å². The van der Waals surface area contributed by atoms with Gasteiger partial charge < -0.3 is 25.7 Å². The predicted octanol–water partition coefficient (Wildman–Crippen LogP) is 2.82. The number of allylic oxidation sites excluding steroid dienone is 2. The number of ketones is 1. The van der Waals surface area contributed by atoms with Crippen LogP contribution in [0.15, 0.2) is 48.7 Å². The predicted molar refractivity (Wildman–Crippen MR) is 109 cm³/mol. The smallest absolute Gasteiger partial charge is 0.224 e. The number of Topliss-reactive ketones (excluding diaryl/α,β-unsaturated/α-hetero) is 1. The van der Waals surface area contributed by atoms with Gasteiger partial charge in [-0.2, -0.15) is 0 Å². The summed E-state index contributed by atoms with van der Waals surface area (Å²) in [6.45, 7) is 0.436. The summed E-state index contributed by atoms with van der Waals surface area (Å²) < 4.78 is 5.41. The number of benzene rings is 1. The molecule has 7 nitrogen and oxygen atoms in total. The molecule has 1 saturated carbocycles. The van der Waals surface area contributed by atoms with Gasteiger partial charge in [0.05, 0.1) is 29.2 Å². The SMILES string of the molecule is O=C1COCc2[nH]c(C3=CC(NC(=O)C4CC4)NC=C3)c(Nc3ccccc3)c21. The maximum atomic E-state index is 12.6. The molecule has 0 radical (unpaired) electrons. The molecule has 1 amide bonds. The Labute approximate surface area is 168 Å². The van der Waals surface area contributed by atoms with E-state index in [1.165, 1.54) is 0 Å². The molecule has 3 heterocycles. The van der Waals surface area contributed by atoms with E-state index in [2.05, 4.69) is 20.9 Å². The number of hydrogen-bond acceptors (Lipinski definition) is 5. The highest BCUT2D eigenvalue weighted by Gasteiger charge is 2.32. The lowest BCUT2D eigenvalue weighted by Crippen LogP contribution is -2.43. The number of amides is 1. The van der Waals surface area contributed by atoms with Crippen LogP contribution < -0.4 is 16.0 Å². The molecule has 1 unspecified atom stereocenters. The number of nitrogens with one attached hydrogen (secondary N) is 4. The topological polar surface area (TPSA) is 95.2 Å². The van der Waals surface area contributed by atoms with E-state index >= 15 is 0 Å². The summed E-state index contributed by atoms with van der Waals surface area (Å²) in [4.78, 5) is 28.1. The Morgan fingerprint density at radius 2 is 1.97 bits per heavy atom. The van der Waals surface area contributed by atoms with Gasteiger partial charge in [0.2, 0.25) is 5.91 Å². The van der Waals surface area contributed by atoms with Crippen LogP contribution in [0, 0.1) is 5.92 Å². The zero-order valence-electron chi connectivity index (χ0n) is 15.8. The summed E-state index contributed by atoms with van der Waals surface area (Å²) in [5.74, 6) is 0.164. The van der Waals surface area contributed by atoms with Crippen molar-refractivity contribution < 1.29 is 14.3 Å². The Hall–Kier alpha value is -3.32.